The second-order valence-electron chi connectivity index (χ2n) is 6.46. The van der Waals surface area contributed by atoms with E-state index in [2.05, 4.69) is 28.7 Å². The molecule has 4 aromatic rings. The van der Waals surface area contributed by atoms with Crippen molar-refractivity contribution in [2.45, 2.75) is 20.0 Å². The summed E-state index contributed by atoms with van der Waals surface area (Å²) in [6, 6.07) is 16.3. The van der Waals surface area contributed by atoms with Gasteiger partial charge in [-0.15, -0.1) is 0 Å². The van der Waals surface area contributed by atoms with Gasteiger partial charge >= 0.3 is 5.69 Å². The third-order valence-electron chi connectivity index (χ3n) is 4.62. The van der Waals surface area contributed by atoms with Crippen molar-refractivity contribution in [3.05, 3.63) is 82.3 Å². The fraction of sp³-hybridized carbons (Fsp3) is 0.190. The first-order valence-corrected chi connectivity index (χ1v) is 8.96. The van der Waals surface area contributed by atoms with Crippen molar-refractivity contribution < 1.29 is 0 Å². The molecule has 0 aliphatic rings. The topological polar surface area (TPSA) is 57.6 Å². The van der Waals surface area contributed by atoms with Crippen molar-refractivity contribution in [1.82, 2.24) is 23.9 Å². The van der Waals surface area contributed by atoms with Gasteiger partial charge in [0.05, 0.1) is 17.6 Å². The van der Waals surface area contributed by atoms with Crippen molar-refractivity contribution in [2.75, 3.05) is 0 Å². The van der Waals surface area contributed by atoms with E-state index in [0.717, 1.165) is 34.5 Å². The molecule has 0 unspecified atom stereocenters. The van der Waals surface area contributed by atoms with E-state index < -0.39 is 0 Å². The Kier molecular flexibility index (Phi) is 4.46. The first kappa shape index (κ1) is 17.0. The minimum atomic E-state index is -0.113. The Hall–Kier alpha value is -3.41. The fourth-order valence-corrected chi connectivity index (χ4v) is 3.16. The minimum Gasteiger partial charge on any atom is -0.325 e. The van der Waals surface area contributed by atoms with Crippen LogP contribution < -0.4 is 5.69 Å². The Morgan fingerprint density at radius 2 is 1.81 bits per heavy atom. The number of imidazole rings is 1. The van der Waals surface area contributed by atoms with Gasteiger partial charge < -0.3 is 4.57 Å². The summed E-state index contributed by atoms with van der Waals surface area (Å²) in [6.07, 6.45) is 5.63. The van der Waals surface area contributed by atoms with Gasteiger partial charge in [0.2, 0.25) is 0 Å². The Labute approximate surface area is 157 Å². The Balaban J connectivity index is 1.55. The molecule has 0 bridgehead atoms. The zero-order valence-corrected chi connectivity index (χ0v) is 15.4. The molecule has 27 heavy (non-hydrogen) atoms. The quantitative estimate of drug-likeness (QED) is 0.550. The van der Waals surface area contributed by atoms with Gasteiger partial charge in [0.15, 0.2) is 0 Å². The van der Waals surface area contributed by atoms with E-state index in [1.165, 1.54) is 15.6 Å². The Morgan fingerprint density at radius 1 is 1.04 bits per heavy atom. The molecule has 6 nitrogen and oxygen atoms in total. The highest BCUT2D eigenvalue weighted by atomic mass is 16.2. The van der Waals surface area contributed by atoms with Crippen LogP contribution in [0, 0.1) is 0 Å². The highest BCUT2D eigenvalue weighted by Gasteiger charge is 2.06. The van der Waals surface area contributed by atoms with Crippen LogP contribution in [0.4, 0.5) is 0 Å². The Bertz CT molecular complexity index is 1160. The van der Waals surface area contributed by atoms with Gasteiger partial charge in [-0.1, -0.05) is 42.5 Å². The maximum atomic E-state index is 11.9. The number of fused-ring (bicyclic) bond motifs is 1. The molecule has 0 N–H and O–H groups in total. The molecule has 0 fully saturated rings. The summed E-state index contributed by atoms with van der Waals surface area (Å²) < 4.78 is 5.12. The molecular weight excluding hydrogens is 338 g/mol. The highest BCUT2D eigenvalue weighted by Crippen LogP contribution is 2.18. The molecular formula is C21H21N5O. The van der Waals surface area contributed by atoms with Crippen molar-refractivity contribution in [1.29, 1.82) is 0 Å². The number of benzene rings is 2. The maximum absolute atomic E-state index is 11.9. The smallest absolute Gasteiger partial charge is 0.325 e. The van der Waals surface area contributed by atoms with Crippen molar-refractivity contribution in [3.8, 4) is 0 Å². The molecule has 0 saturated carbocycles. The number of hydrogen-bond acceptors (Lipinski definition) is 3. The lowest BCUT2D eigenvalue weighted by Gasteiger charge is -2.03. The molecule has 136 valence electrons. The fourth-order valence-electron chi connectivity index (χ4n) is 3.16. The lowest BCUT2D eigenvalue weighted by atomic mass is 10.1. The van der Waals surface area contributed by atoms with E-state index in [1.54, 1.807) is 7.05 Å². The predicted octanol–water partition coefficient (Wildman–Crippen LogP) is 3.17. The molecule has 0 saturated heterocycles. The van der Waals surface area contributed by atoms with Crippen LogP contribution in [0.1, 0.15) is 23.9 Å². The summed E-state index contributed by atoms with van der Waals surface area (Å²) >= 11 is 0. The number of para-hydroxylation sites is 2. The first-order valence-electron chi connectivity index (χ1n) is 8.96. The van der Waals surface area contributed by atoms with Crippen LogP contribution in [0.2, 0.25) is 0 Å². The average molecular weight is 359 g/mol. The molecule has 4 rings (SSSR count). The van der Waals surface area contributed by atoms with Gasteiger partial charge in [0, 0.05) is 13.6 Å². The van der Waals surface area contributed by atoms with Crippen LogP contribution in [0.25, 0.3) is 23.2 Å². The van der Waals surface area contributed by atoms with Crippen molar-refractivity contribution in [3.63, 3.8) is 0 Å². The van der Waals surface area contributed by atoms with E-state index in [-0.39, 0.29) is 5.69 Å². The molecule has 2 aromatic carbocycles. The van der Waals surface area contributed by atoms with E-state index in [9.17, 15) is 4.79 Å². The second-order valence-corrected chi connectivity index (χ2v) is 6.46. The highest BCUT2D eigenvalue weighted by molar-refractivity contribution is 5.79. The third-order valence-corrected chi connectivity index (χ3v) is 4.62. The van der Waals surface area contributed by atoms with Crippen LogP contribution in [-0.4, -0.2) is 23.9 Å². The van der Waals surface area contributed by atoms with Crippen LogP contribution in [0.3, 0.4) is 0 Å². The van der Waals surface area contributed by atoms with Gasteiger partial charge in [-0.3, -0.25) is 4.57 Å². The zero-order chi connectivity index (χ0) is 18.8. The minimum absolute atomic E-state index is 0.113. The monoisotopic (exact) mass is 359 g/mol. The van der Waals surface area contributed by atoms with E-state index in [1.807, 2.05) is 48.5 Å². The molecule has 0 spiro atoms. The molecule has 0 aliphatic carbocycles. The summed E-state index contributed by atoms with van der Waals surface area (Å²) in [5, 5.41) is 4.09. The van der Waals surface area contributed by atoms with E-state index >= 15 is 0 Å². The number of rotatable bonds is 5. The SMILES string of the molecule is CCn1c(/C=C/c2ccc(Cn3ncn(C)c3=O)cc2)nc2ccccc21. The molecule has 6 heteroatoms. The number of aryl methyl sites for hydroxylation is 2. The maximum Gasteiger partial charge on any atom is 0.345 e. The van der Waals surface area contributed by atoms with Gasteiger partial charge in [0.1, 0.15) is 12.2 Å². The number of hydrogen-bond donors (Lipinski definition) is 0. The van der Waals surface area contributed by atoms with E-state index in [0.29, 0.717) is 6.54 Å². The first-order chi connectivity index (χ1) is 13.2. The predicted molar refractivity (Wildman–Crippen MR) is 107 cm³/mol. The van der Waals surface area contributed by atoms with Crippen molar-refractivity contribution >= 4 is 23.2 Å². The van der Waals surface area contributed by atoms with Crippen LogP contribution >= 0.6 is 0 Å². The summed E-state index contributed by atoms with van der Waals surface area (Å²) in [5.41, 5.74) is 4.17. The summed E-state index contributed by atoms with van der Waals surface area (Å²) in [4.78, 5) is 16.6. The number of nitrogens with zero attached hydrogens (tertiary/aromatic N) is 5. The Morgan fingerprint density at radius 3 is 2.52 bits per heavy atom. The lowest BCUT2D eigenvalue weighted by Crippen LogP contribution is -2.23. The van der Waals surface area contributed by atoms with Crippen LogP contribution in [-0.2, 0) is 20.1 Å². The molecule has 2 aromatic heterocycles. The standard InChI is InChI=1S/C21H21N5O/c1-3-25-19-7-5-4-6-18(19)23-20(25)13-12-16-8-10-17(11-9-16)14-26-21(27)24(2)15-22-26/h4-13,15H,3,14H2,1-2H3/b13-12+. The summed E-state index contributed by atoms with van der Waals surface area (Å²) in [6.45, 7) is 3.47. The van der Waals surface area contributed by atoms with Crippen LogP contribution in [0.5, 0.6) is 0 Å². The van der Waals surface area contributed by atoms with Crippen LogP contribution in [0.15, 0.2) is 59.7 Å². The molecule has 0 radical (unpaired) electrons. The summed E-state index contributed by atoms with van der Waals surface area (Å²) in [7, 11) is 1.70. The lowest BCUT2D eigenvalue weighted by molar-refractivity contribution is 0.647. The zero-order valence-electron chi connectivity index (χ0n) is 15.4. The van der Waals surface area contributed by atoms with Crippen molar-refractivity contribution in [2.24, 2.45) is 7.05 Å². The third kappa shape index (κ3) is 3.33. The molecule has 0 aliphatic heterocycles. The largest absolute Gasteiger partial charge is 0.345 e. The molecule has 0 amide bonds. The van der Waals surface area contributed by atoms with Gasteiger partial charge in [-0.05, 0) is 36.3 Å². The van der Waals surface area contributed by atoms with Gasteiger partial charge in [0.25, 0.3) is 0 Å². The number of aromatic nitrogens is 5. The molecule has 2 heterocycles. The van der Waals surface area contributed by atoms with Gasteiger partial charge in [-0.2, -0.15) is 5.10 Å². The molecule has 0 atom stereocenters. The normalized spacial score (nSPS) is 11.6. The van der Waals surface area contributed by atoms with Gasteiger partial charge in [-0.25, -0.2) is 14.5 Å². The summed E-state index contributed by atoms with van der Waals surface area (Å²) in [5.74, 6) is 0.947. The second kappa shape index (κ2) is 7.07. The van der Waals surface area contributed by atoms with E-state index in [4.69, 9.17) is 4.98 Å². The average Bonchev–Trinajstić information content (AvgIpc) is 3.21.